The third kappa shape index (κ3) is 38.3. The predicted octanol–water partition coefficient (Wildman–Crippen LogP) is -1.16. The van der Waals surface area contributed by atoms with Crippen molar-refractivity contribution in [1.82, 2.24) is 0 Å². The van der Waals surface area contributed by atoms with Gasteiger partial charge in [-0.25, -0.2) is 0 Å². The van der Waals surface area contributed by atoms with Crippen LogP contribution in [0, 0.1) is 0 Å². The molecule has 7 heteroatoms. The molecule has 42 valence electrons. The van der Waals surface area contributed by atoms with Crippen LogP contribution in [0.25, 0.3) is 0 Å². The molecule has 0 N–H and O–H groups in total. The molecule has 1 unspecified atom stereocenters. The van der Waals surface area contributed by atoms with Crippen molar-refractivity contribution in [1.29, 1.82) is 0 Å². The molecule has 0 heterocycles. The summed E-state index contributed by atoms with van der Waals surface area (Å²) in [5.41, 5.74) is 0. The second-order valence-corrected chi connectivity index (χ2v) is 0. The van der Waals surface area contributed by atoms with Gasteiger partial charge in [-0.2, -0.15) is 9.90 Å². The fourth-order valence-electron chi connectivity index (χ4n) is 0. The fourth-order valence-corrected chi connectivity index (χ4v) is 0. The van der Waals surface area contributed by atoms with Gasteiger partial charge in [0, 0.05) is 0 Å². The average Bonchev–Trinajstić information content (AvgIpc) is 0. The van der Waals surface area contributed by atoms with Crippen LogP contribution in [0.5, 0.6) is 0 Å². The van der Waals surface area contributed by atoms with E-state index in [1.165, 1.54) is 0 Å². The molecule has 0 amide bonds. The van der Waals surface area contributed by atoms with E-state index in [1.54, 1.807) is 0 Å². The molecule has 0 spiro atoms. The second kappa shape index (κ2) is 48.0. The van der Waals surface area contributed by atoms with Crippen LogP contribution in [-0.2, 0) is 0 Å². The summed E-state index contributed by atoms with van der Waals surface area (Å²) in [6.07, 6.45) is 0. The third-order valence-corrected chi connectivity index (χ3v) is 0. The van der Waals surface area contributed by atoms with Crippen LogP contribution >= 0.6 is 47.1 Å². The Bertz CT molecular complexity index is 14.9. The first-order valence-electron chi connectivity index (χ1n) is 0. The summed E-state index contributed by atoms with van der Waals surface area (Å²) < 4.78 is 0. The summed E-state index contributed by atoms with van der Waals surface area (Å²) in [6.45, 7) is 0. The molecular formula is H11CaCl3MgNaP. The van der Waals surface area contributed by atoms with Gasteiger partial charge in [-0.05, 0) is 0 Å². The van der Waals surface area contributed by atoms with Crippen molar-refractivity contribution >= 4 is 137 Å². The molecule has 0 aliphatic carbocycles. The Morgan fingerprint density at radius 2 is 0.714 bits per heavy atom. The summed E-state index contributed by atoms with van der Waals surface area (Å²) in [6, 6.07) is 0. The van der Waals surface area contributed by atoms with Gasteiger partial charge >= 0.3 is 90.3 Å². The van der Waals surface area contributed by atoms with E-state index in [9.17, 15) is 0 Å². The Balaban J connectivity index is 0. The number of hydrogen-bond donors (Lipinski definition) is 0. The van der Waals surface area contributed by atoms with E-state index in [4.69, 9.17) is 0 Å². The second-order valence-electron chi connectivity index (χ2n) is 0. The monoisotopic (exact) mass is 234 g/mol. The van der Waals surface area contributed by atoms with Gasteiger partial charge in [0.2, 0.25) is 0 Å². The van der Waals surface area contributed by atoms with Gasteiger partial charge in [-0.1, -0.05) is 0 Å². The Morgan fingerprint density at radius 1 is 0.714 bits per heavy atom. The van der Waals surface area contributed by atoms with Gasteiger partial charge in [-0.15, -0.1) is 37.2 Å². The van der Waals surface area contributed by atoms with Crippen molar-refractivity contribution < 1.29 is 0 Å². The van der Waals surface area contributed by atoms with Gasteiger partial charge in [0.1, 0.15) is 0 Å². The van der Waals surface area contributed by atoms with E-state index >= 15 is 0 Å². The van der Waals surface area contributed by atoms with Crippen molar-refractivity contribution in [3.05, 3.63) is 0 Å². The zero-order valence-electron chi connectivity index (χ0n) is 1.93. The number of halogens is 3. The van der Waals surface area contributed by atoms with Crippen LogP contribution in [0.3, 0.4) is 0 Å². The maximum atomic E-state index is 0. The molecule has 0 radical (unpaired) electrons. The summed E-state index contributed by atoms with van der Waals surface area (Å²) in [7, 11) is 0. The molecule has 0 fully saturated rings. The zero-order valence-corrected chi connectivity index (χ0v) is 5.80. The molecule has 0 nitrogen and oxygen atoms in total. The molecule has 0 rings (SSSR count). The number of hydrogen-bond acceptors (Lipinski definition) is 0. The summed E-state index contributed by atoms with van der Waals surface area (Å²) in [5, 5.41) is 0. The minimum atomic E-state index is 0. The Hall–Kier alpha value is 4.33. The molecule has 0 aromatic carbocycles. The molecule has 1 atom stereocenters. The quantitative estimate of drug-likeness (QED) is 0.367. The molecule has 0 aromatic rings. The van der Waals surface area contributed by atoms with E-state index in [1.807, 2.05) is 0 Å². The first-order valence-corrected chi connectivity index (χ1v) is 0. The molecule has 0 aromatic heterocycles. The standard InChI is InChI=1S/Ca.3ClH.Mg.Na.H3P.5H/h;3*1H;;;1H3;;;;;. The van der Waals surface area contributed by atoms with Gasteiger partial charge < -0.3 is 0 Å². The van der Waals surface area contributed by atoms with Crippen LogP contribution in [-0.4, -0.2) is 90.3 Å². The first-order chi connectivity index (χ1) is 0. The minimum absolute atomic E-state index is 0. The molecule has 0 saturated carbocycles. The van der Waals surface area contributed by atoms with Crippen molar-refractivity contribution in [3.8, 4) is 0 Å². The maximum absolute atomic E-state index is 0. The molecule has 0 aliphatic rings. The van der Waals surface area contributed by atoms with Crippen LogP contribution in [0.2, 0.25) is 0 Å². The molecular weight excluding hydrogens is 225 g/mol. The topological polar surface area (TPSA) is 0 Å². The normalized spacial score (nSPS) is 0. The summed E-state index contributed by atoms with van der Waals surface area (Å²) in [4.78, 5) is 0. The molecule has 0 aliphatic heterocycles. The molecule has 7 heavy (non-hydrogen) atoms. The SMILES string of the molecule is Cl.Cl.Cl.P.[CaH2].[MgH2].[NaH]. The summed E-state index contributed by atoms with van der Waals surface area (Å²) in [5.74, 6) is 0. The van der Waals surface area contributed by atoms with Crippen molar-refractivity contribution in [2.45, 2.75) is 0 Å². The third-order valence-electron chi connectivity index (χ3n) is 0. The van der Waals surface area contributed by atoms with Crippen molar-refractivity contribution in [3.63, 3.8) is 0 Å². The average molecular weight is 236 g/mol. The number of rotatable bonds is 0. The van der Waals surface area contributed by atoms with E-state index in [-0.39, 0.29) is 137 Å². The van der Waals surface area contributed by atoms with Crippen LogP contribution < -0.4 is 0 Å². The van der Waals surface area contributed by atoms with E-state index < -0.39 is 0 Å². The van der Waals surface area contributed by atoms with Crippen LogP contribution in [0.1, 0.15) is 0 Å². The predicted molar refractivity (Wildman–Crippen MR) is 57.1 cm³/mol. The summed E-state index contributed by atoms with van der Waals surface area (Å²) >= 11 is 0. The van der Waals surface area contributed by atoms with E-state index in [0.717, 1.165) is 0 Å². The van der Waals surface area contributed by atoms with Gasteiger partial charge in [0.05, 0.1) is 0 Å². The van der Waals surface area contributed by atoms with Gasteiger partial charge in [-0.3, -0.25) is 0 Å². The first kappa shape index (κ1) is 64.5. The van der Waals surface area contributed by atoms with Gasteiger partial charge in [0.15, 0.2) is 0 Å². The van der Waals surface area contributed by atoms with Gasteiger partial charge in [0.25, 0.3) is 0 Å². The Kier molecular flexibility index (Phi) is 442. The van der Waals surface area contributed by atoms with Crippen LogP contribution in [0.15, 0.2) is 0 Å². The zero-order chi connectivity index (χ0) is 0. The molecule has 0 saturated heterocycles. The molecule has 0 bridgehead atoms. The van der Waals surface area contributed by atoms with Crippen LogP contribution in [0.4, 0.5) is 0 Å². The fraction of sp³-hybridized carbons (Fsp3) is 0. The van der Waals surface area contributed by atoms with Crippen molar-refractivity contribution in [2.24, 2.45) is 0 Å². The Labute approximate surface area is 134 Å². The van der Waals surface area contributed by atoms with E-state index in [0.29, 0.717) is 0 Å². The Morgan fingerprint density at radius 3 is 0.714 bits per heavy atom. The van der Waals surface area contributed by atoms with E-state index in [2.05, 4.69) is 0 Å². The van der Waals surface area contributed by atoms with Crippen molar-refractivity contribution in [2.75, 3.05) is 0 Å².